The van der Waals surface area contributed by atoms with E-state index in [9.17, 15) is 30.0 Å². The van der Waals surface area contributed by atoms with Crippen LogP contribution in [-0.4, -0.2) is 164 Å². The minimum atomic E-state index is -1.89. The third-order valence-electron chi connectivity index (χ3n) is 18.3. The number of hydrogen-bond donors (Lipinski definition) is 4. The Labute approximate surface area is 481 Å². The molecule has 15 nitrogen and oxygen atoms in total. The predicted molar refractivity (Wildman–Crippen MR) is 319 cm³/mol. The van der Waals surface area contributed by atoms with E-state index >= 15 is 0 Å². The molecule has 3 aliphatic rings. The lowest BCUT2D eigenvalue weighted by Crippen LogP contribution is -2.59. The summed E-state index contributed by atoms with van der Waals surface area (Å²) in [5, 5.41) is 57.0. The number of likely N-dealkylation sites (N-methyl/N-ethyl adjacent to an activating group) is 1. The third-order valence-corrected chi connectivity index (χ3v) is 22.8. The fraction of sp³-hybridized carbons (Fsp3) is 0.734. The number of esters is 1. The summed E-state index contributed by atoms with van der Waals surface area (Å²) in [6.45, 7) is 16.9. The van der Waals surface area contributed by atoms with Gasteiger partial charge in [0.2, 0.25) is 5.91 Å². The molecule has 80 heavy (non-hydrogen) atoms. The monoisotopic (exact) mass is 1140 g/mol. The molecule has 3 aromatic rings. The first-order valence-electron chi connectivity index (χ1n) is 30.3. The van der Waals surface area contributed by atoms with Gasteiger partial charge in [0.05, 0.1) is 60.1 Å². The molecule has 4 N–H and O–H groups in total. The number of cyclic esters (lactones) is 1. The van der Waals surface area contributed by atoms with Crippen LogP contribution in [0.3, 0.4) is 0 Å². The van der Waals surface area contributed by atoms with Gasteiger partial charge in [-0.2, -0.15) is 5.10 Å². The molecule has 1 amide bonds. The lowest BCUT2D eigenvalue weighted by Gasteiger charge is -2.49. The zero-order chi connectivity index (χ0) is 58.6. The predicted octanol–water partition coefficient (Wildman–Crippen LogP) is 8.48. The van der Waals surface area contributed by atoms with Crippen LogP contribution in [0.5, 0.6) is 0 Å². The topological polar surface area (TPSA) is 186 Å². The Morgan fingerprint density at radius 2 is 1.39 bits per heavy atom. The molecule has 0 spiro atoms. The quantitative estimate of drug-likeness (QED) is 0.0453. The summed E-state index contributed by atoms with van der Waals surface area (Å²) in [6, 6.07) is 21.3. The Morgan fingerprint density at radius 1 is 0.800 bits per heavy atom. The van der Waals surface area contributed by atoms with E-state index in [2.05, 4.69) is 78.2 Å². The highest BCUT2D eigenvalue weighted by Crippen LogP contribution is 2.56. The van der Waals surface area contributed by atoms with Crippen LogP contribution < -0.4 is 15.9 Å². The molecule has 2 aromatic carbocycles. The van der Waals surface area contributed by atoms with Gasteiger partial charge in [0.15, 0.2) is 6.29 Å². The van der Waals surface area contributed by atoms with E-state index in [1.54, 1.807) is 34.8 Å². The summed E-state index contributed by atoms with van der Waals surface area (Å²) in [7, 11) is 5.48. The van der Waals surface area contributed by atoms with Crippen LogP contribution in [-0.2, 0) is 40.3 Å². The van der Waals surface area contributed by atoms with E-state index in [-0.39, 0.29) is 49.7 Å². The number of aliphatic hydroxyl groups is 4. The lowest BCUT2D eigenvalue weighted by atomic mass is 9.73. The number of aromatic nitrogens is 2. The Kier molecular flexibility index (Phi) is 24.2. The van der Waals surface area contributed by atoms with E-state index in [0.29, 0.717) is 25.8 Å². The number of aliphatic hydroxyl groups excluding tert-OH is 2. The van der Waals surface area contributed by atoms with Crippen molar-refractivity contribution in [3.63, 3.8) is 0 Å². The molecule has 3 fully saturated rings. The molecular formula is C64H104N4O11P+. The Hall–Kier alpha value is -3.34. The van der Waals surface area contributed by atoms with Crippen molar-refractivity contribution in [1.29, 1.82) is 0 Å². The van der Waals surface area contributed by atoms with Crippen LogP contribution in [0.25, 0.3) is 0 Å². The highest BCUT2D eigenvalue weighted by molar-refractivity contribution is 7.95. The highest BCUT2D eigenvalue weighted by Gasteiger charge is 2.53. The summed E-state index contributed by atoms with van der Waals surface area (Å²) >= 11 is 0. The van der Waals surface area contributed by atoms with Crippen molar-refractivity contribution >= 4 is 35.1 Å². The lowest BCUT2D eigenvalue weighted by molar-refractivity contribution is -0.293. The third kappa shape index (κ3) is 16.5. The molecule has 0 radical (unpaired) electrons. The molecule has 16 heteroatoms. The average Bonchev–Trinajstić information content (AvgIpc) is 4.02. The number of aryl methyl sites for hydroxylation is 1. The SMILES string of the molecule is CC[C@H]1OC(=O)[C@H](C)[C@@H](C2C[C@@](C)(OC)[C@@H](O)[C@H](C)O2)C[C@@H](O[C@@H]2O[C@H](C)C[C@H](N(C)C)[C@H]2O)[C@](C)(O)C[C@@H](C)CN(C(=O)CCCCCCCCCCC[P+](c2ccccc2)(c2ccccc2)c2cnn(C)c2)[C@H](C)C[C@]1(C)O. The van der Waals surface area contributed by atoms with Crippen LogP contribution in [0.2, 0.25) is 0 Å². The van der Waals surface area contributed by atoms with Gasteiger partial charge in [0, 0.05) is 51.5 Å². The van der Waals surface area contributed by atoms with Crippen molar-refractivity contribution in [2.45, 2.75) is 243 Å². The number of amides is 1. The number of carbonyl (C=O) groups excluding carboxylic acids is 2. The van der Waals surface area contributed by atoms with Gasteiger partial charge in [0.25, 0.3) is 0 Å². The first kappa shape index (κ1) is 65.8. The van der Waals surface area contributed by atoms with Crippen LogP contribution >= 0.6 is 7.26 Å². The minimum Gasteiger partial charge on any atom is -0.459 e. The van der Waals surface area contributed by atoms with Gasteiger partial charge in [-0.1, -0.05) is 95.7 Å². The Morgan fingerprint density at radius 3 is 1.94 bits per heavy atom. The van der Waals surface area contributed by atoms with Crippen molar-refractivity contribution in [2.24, 2.45) is 24.8 Å². The molecule has 0 bridgehead atoms. The number of methoxy groups -OCH3 is 1. The van der Waals surface area contributed by atoms with Gasteiger partial charge >= 0.3 is 5.97 Å². The highest BCUT2D eigenvalue weighted by atomic mass is 31.2. The maximum Gasteiger partial charge on any atom is 0.309 e. The molecule has 16 atom stereocenters. The van der Waals surface area contributed by atoms with Gasteiger partial charge in [-0.15, -0.1) is 0 Å². The van der Waals surface area contributed by atoms with Crippen LogP contribution in [0.4, 0.5) is 0 Å². The Balaban J connectivity index is 1.12. The molecule has 450 valence electrons. The van der Waals surface area contributed by atoms with Crippen molar-refractivity contribution in [3.8, 4) is 0 Å². The fourth-order valence-electron chi connectivity index (χ4n) is 13.6. The van der Waals surface area contributed by atoms with Crippen LogP contribution in [0.15, 0.2) is 73.1 Å². The maximum atomic E-state index is 14.6. The first-order valence-corrected chi connectivity index (χ1v) is 32.3. The van der Waals surface area contributed by atoms with E-state index in [1.807, 2.05) is 70.2 Å². The zero-order valence-electron chi connectivity index (χ0n) is 51.0. The van der Waals surface area contributed by atoms with Gasteiger partial charge in [-0.3, -0.25) is 14.3 Å². The summed E-state index contributed by atoms with van der Waals surface area (Å²) < 4.78 is 33.9. The summed E-state index contributed by atoms with van der Waals surface area (Å²) in [4.78, 5) is 33.0. The second kappa shape index (κ2) is 29.5. The molecule has 3 aliphatic heterocycles. The average molecular weight is 1140 g/mol. The molecule has 4 heterocycles. The summed E-state index contributed by atoms with van der Waals surface area (Å²) in [6.07, 6.45) is 10.4. The van der Waals surface area contributed by atoms with Crippen molar-refractivity contribution in [3.05, 3.63) is 73.1 Å². The van der Waals surface area contributed by atoms with E-state index in [4.69, 9.17) is 23.7 Å². The smallest absolute Gasteiger partial charge is 0.309 e. The van der Waals surface area contributed by atoms with E-state index in [1.165, 1.54) is 35.2 Å². The minimum absolute atomic E-state index is 0.0127. The van der Waals surface area contributed by atoms with Gasteiger partial charge in [-0.25, -0.2) is 0 Å². The number of unbranched alkanes of at least 4 members (excludes halogenated alkanes) is 8. The van der Waals surface area contributed by atoms with Crippen LogP contribution in [0, 0.1) is 17.8 Å². The van der Waals surface area contributed by atoms with E-state index < -0.39 is 90.8 Å². The molecule has 6 rings (SSSR count). The van der Waals surface area contributed by atoms with Crippen LogP contribution in [0.1, 0.15) is 165 Å². The van der Waals surface area contributed by atoms with Crippen molar-refractivity contribution in [2.75, 3.05) is 33.9 Å². The Bertz CT molecular complexity index is 2300. The number of nitrogens with zero attached hydrogens (tertiary/aromatic N) is 4. The second-order valence-electron chi connectivity index (χ2n) is 25.4. The number of carbonyl (C=O) groups is 2. The summed E-state index contributed by atoms with van der Waals surface area (Å²) in [5.74, 6) is -2.30. The standard InChI is InChI=1S/C64H104N4O11P/c1-14-55-63(8,74)39-45(3)68(57(69)34-28-20-18-16-15-17-19-21-29-35-80(49-30-24-22-25-31-49,50-32-26-23-27-33-50)51-41-65-67(12)43-51)42-44(2)38-62(7,73)56(79-61-58(70)53(66(10)11)36-46(4)76-61)37-52(47(5)60(72)78-55)54-40-64(9,75-13)59(71)48(6)77-54/h22-27,30-33,41,43-48,52-56,58-59,61,70-71,73-74H,14-21,28-29,34-40,42H2,1-13H3/q+1/t44-,45-,46-,47-,48+,52+,53+,54?,55-,56-,58-,59+,61+,62-,63+,64-/m1/s1. The fourth-order valence-corrected chi connectivity index (χ4v) is 17.9. The zero-order valence-corrected chi connectivity index (χ0v) is 51.9. The molecule has 3 saturated heterocycles. The molecular weight excluding hydrogens is 1030 g/mol. The molecule has 0 aliphatic carbocycles. The van der Waals surface area contributed by atoms with Gasteiger partial charge in [0.1, 0.15) is 47.1 Å². The first-order chi connectivity index (χ1) is 37.9. The number of hydrogen-bond acceptors (Lipinski definition) is 13. The molecule has 1 unspecified atom stereocenters. The summed E-state index contributed by atoms with van der Waals surface area (Å²) in [5.41, 5.74) is -4.08. The van der Waals surface area contributed by atoms with Gasteiger partial charge < -0.3 is 53.9 Å². The maximum absolute atomic E-state index is 14.6. The van der Waals surface area contributed by atoms with Gasteiger partial charge in [-0.05, 0) is 137 Å². The second-order valence-corrected chi connectivity index (χ2v) is 29.0. The molecule has 1 aromatic heterocycles. The van der Waals surface area contributed by atoms with E-state index in [0.717, 1.165) is 44.7 Å². The van der Waals surface area contributed by atoms with Crippen molar-refractivity contribution in [1.82, 2.24) is 19.6 Å². The van der Waals surface area contributed by atoms with Crippen molar-refractivity contribution < 1.29 is 53.7 Å². The number of rotatable bonds is 21. The normalized spacial score (nSPS) is 34.4. The molecule has 0 saturated carbocycles. The number of ether oxygens (including phenoxy) is 5. The largest absolute Gasteiger partial charge is 0.459 e. The number of benzene rings is 2.